The van der Waals surface area contributed by atoms with E-state index in [0.717, 1.165) is 11.8 Å². The molecule has 2 N–H and O–H groups in total. The number of thioether (sulfide) groups is 1. The summed E-state index contributed by atoms with van der Waals surface area (Å²) in [6, 6.07) is 0. The van der Waals surface area contributed by atoms with E-state index in [1.54, 1.807) is 0 Å². The van der Waals surface area contributed by atoms with Gasteiger partial charge in [-0.15, -0.1) is 11.8 Å². The van der Waals surface area contributed by atoms with Gasteiger partial charge in [0.2, 0.25) is 10.0 Å². The van der Waals surface area contributed by atoms with E-state index in [9.17, 15) is 13.2 Å². The molecule has 6 nitrogen and oxygen atoms in total. The van der Waals surface area contributed by atoms with Gasteiger partial charge in [-0.1, -0.05) is 0 Å². The smallest absolute Gasteiger partial charge is 0.410 e. The molecule has 0 spiro atoms. The molecule has 78 valence electrons. The second kappa shape index (κ2) is 5.30. The molecule has 0 atom stereocenters. The van der Waals surface area contributed by atoms with Gasteiger partial charge in [0.15, 0.2) is 0 Å². The molecule has 0 aliphatic rings. The second-order valence-corrected chi connectivity index (χ2v) is 5.32. The van der Waals surface area contributed by atoms with Crippen molar-refractivity contribution in [1.82, 2.24) is 4.90 Å². The summed E-state index contributed by atoms with van der Waals surface area (Å²) in [5, 5.41) is 4.46. The highest BCUT2D eigenvalue weighted by Crippen LogP contribution is 2.03. The molecule has 0 aromatic heterocycles. The maximum absolute atomic E-state index is 10.8. The van der Waals surface area contributed by atoms with Crippen LogP contribution >= 0.6 is 11.8 Å². The Morgan fingerprint density at radius 2 is 2.08 bits per heavy atom. The minimum atomic E-state index is -3.48. The van der Waals surface area contributed by atoms with E-state index in [0.29, 0.717) is 0 Å². The molecule has 0 fully saturated rings. The summed E-state index contributed by atoms with van der Waals surface area (Å²) in [7, 11) is -0.415. The minimum absolute atomic E-state index is 0.0204. The Balaban J connectivity index is 3.53. The lowest BCUT2D eigenvalue weighted by atomic mass is 10.9. The zero-order valence-electron chi connectivity index (χ0n) is 7.39. The van der Waals surface area contributed by atoms with E-state index >= 15 is 0 Å². The number of amides is 1. The third kappa shape index (κ3) is 7.88. The standard InChI is InChI=1S/C5H12N2O4S2/c1-7(2)5(8)11-3-12-4-13(6,9)10/h3-4H2,1-2H3,(H2,6,9,10). The van der Waals surface area contributed by atoms with Crippen LogP contribution in [-0.4, -0.2) is 44.5 Å². The number of hydrogen-bond acceptors (Lipinski definition) is 5. The average molecular weight is 228 g/mol. The van der Waals surface area contributed by atoms with Crippen LogP contribution in [0.25, 0.3) is 0 Å². The molecule has 0 saturated carbocycles. The van der Waals surface area contributed by atoms with Crippen LogP contribution in [0.15, 0.2) is 0 Å². The molecule has 0 bridgehead atoms. The molecular formula is C5H12N2O4S2. The monoisotopic (exact) mass is 228 g/mol. The van der Waals surface area contributed by atoms with Gasteiger partial charge in [-0.25, -0.2) is 18.4 Å². The second-order valence-electron chi connectivity index (χ2n) is 2.41. The largest absolute Gasteiger partial charge is 0.438 e. The van der Waals surface area contributed by atoms with E-state index < -0.39 is 16.1 Å². The minimum Gasteiger partial charge on any atom is -0.438 e. The Labute approximate surface area is 81.5 Å². The first kappa shape index (κ1) is 12.5. The molecule has 13 heavy (non-hydrogen) atoms. The van der Waals surface area contributed by atoms with Crippen LogP contribution < -0.4 is 5.14 Å². The third-order valence-electron chi connectivity index (χ3n) is 0.878. The Morgan fingerprint density at radius 3 is 2.46 bits per heavy atom. The number of hydrogen-bond donors (Lipinski definition) is 1. The van der Waals surface area contributed by atoms with Crippen molar-refractivity contribution in [1.29, 1.82) is 0 Å². The predicted molar refractivity (Wildman–Crippen MR) is 50.6 cm³/mol. The lowest BCUT2D eigenvalue weighted by Crippen LogP contribution is -2.23. The first-order valence-corrected chi connectivity index (χ1v) is 6.12. The molecule has 0 aromatic carbocycles. The van der Waals surface area contributed by atoms with Crippen molar-refractivity contribution >= 4 is 27.9 Å². The van der Waals surface area contributed by atoms with Crippen LogP contribution in [0.3, 0.4) is 0 Å². The van der Waals surface area contributed by atoms with Gasteiger partial charge in [-0.2, -0.15) is 0 Å². The fourth-order valence-corrected chi connectivity index (χ4v) is 1.76. The molecule has 0 aromatic rings. The normalized spacial score (nSPS) is 11.0. The highest BCUT2D eigenvalue weighted by atomic mass is 32.3. The average Bonchev–Trinajstić information content (AvgIpc) is 1.95. The van der Waals surface area contributed by atoms with E-state index in [4.69, 9.17) is 5.14 Å². The lowest BCUT2D eigenvalue weighted by molar-refractivity contribution is 0.136. The number of carbonyl (C=O) groups is 1. The number of nitrogens with two attached hydrogens (primary N) is 1. The Hall–Kier alpha value is -0.470. The van der Waals surface area contributed by atoms with Gasteiger partial charge in [0.05, 0.1) is 0 Å². The highest BCUT2D eigenvalue weighted by Gasteiger charge is 2.06. The molecule has 1 amide bonds. The molecule has 0 aliphatic heterocycles. The predicted octanol–water partition coefficient (Wildman–Crippen LogP) is -0.379. The van der Waals surface area contributed by atoms with E-state index in [1.165, 1.54) is 19.0 Å². The molecule has 0 rings (SSSR count). The maximum Gasteiger partial charge on any atom is 0.410 e. The number of nitrogens with zero attached hydrogens (tertiary/aromatic N) is 1. The van der Waals surface area contributed by atoms with Crippen LogP contribution in [0.5, 0.6) is 0 Å². The zero-order valence-corrected chi connectivity index (χ0v) is 9.02. The molecule has 0 saturated heterocycles. The zero-order chi connectivity index (χ0) is 10.5. The van der Waals surface area contributed by atoms with E-state index in [-0.39, 0.29) is 11.0 Å². The summed E-state index contributed by atoms with van der Waals surface area (Å²) in [6.07, 6.45) is -0.512. The summed E-state index contributed by atoms with van der Waals surface area (Å²) >= 11 is 0.923. The van der Waals surface area contributed by atoms with Gasteiger partial charge >= 0.3 is 6.09 Å². The molecular weight excluding hydrogens is 216 g/mol. The SMILES string of the molecule is CN(C)C(=O)OCSCS(N)(=O)=O. The van der Waals surface area contributed by atoms with Gasteiger partial charge in [0, 0.05) is 14.1 Å². The van der Waals surface area contributed by atoms with Crippen molar-refractivity contribution < 1.29 is 17.9 Å². The highest BCUT2D eigenvalue weighted by molar-refractivity contribution is 8.11. The third-order valence-corrected chi connectivity index (χ3v) is 3.14. The van der Waals surface area contributed by atoms with Crippen LogP contribution in [0.2, 0.25) is 0 Å². The van der Waals surface area contributed by atoms with Crippen molar-refractivity contribution in [2.45, 2.75) is 0 Å². The fraction of sp³-hybridized carbons (Fsp3) is 0.800. The Bertz CT molecular complexity index is 262. The van der Waals surface area contributed by atoms with E-state index in [2.05, 4.69) is 4.74 Å². The van der Waals surface area contributed by atoms with Gasteiger partial charge < -0.3 is 9.64 Å². The number of ether oxygens (including phenoxy) is 1. The Morgan fingerprint density at radius 1 is 1.54 bits per heavy atom. The van der Waals surface area contributed by atoms with Crippen molar-refractivity contribution in [2.75, 3.05) is 25.1 Å². The lowest BCUT2D eigenvalue weighted by Gasteiger charge is -2.09. The molecule has 0 heterocycles. The van der Waals surface area contributed by atoms with E-state index in [1.807, 2.05) is 0 Å². The first-order valence-electron chi connectivity index (χ1n) is 3.25. The first-order chi connectivity index (χ1) is 5.83. The van der Waals surface area contributed by atoms with Gasteiger partial charge in [-0.3, -0.25) is 0 Å². The molecule has 0 aliphatic carbocycles. The van der Waals surface area contributed by atoms with Crippen molar-refractivity contribution in [3.63, 3.8) is 0 Å². The van der Waals surface area contributed by atoms with Crippen LogP contribution in [-0.2, 0) is 14.8 Å². The summed E-state index contributed by atoms with van der Waals surface area (Å²) in [5.74, 6) is -0.0204. The fourth-order valence-electron chi connectivity index (χ4n) is 0.371. The molecule has 0 unspecified atom stereocenters. The number of sulfonamides is 1. The summed E-state index contributed by atoms with van der Waals surface area (Å²) in [6.45, 7) is 0. The molecule has 0 radical (unpaired) electrons. The number of carbonyl (C=O) groups excluding carboxylic acids is 1. The summed E-state index contributed by atoms with van der Waals surface area (Å²) < 4.78 is 25.5. The maximum atomic E-state index is 10.8. The van der Waals surface area contributed by atoms with Crippen molar-refractivity contribution in [3.05, 3.63) is 0 Å². The van der Waals surface area contributed by atoms with Gasteiger partial charge in [-0.05, 0) is 0 Å². The van der Waals surface area contributed by atoms with Gasteiger partial charge in [0.1, 0.15) is 11.0 Å². The van der Waals surface area contributed by atoms with Crippen LogP contribution in [0.4, 0.5) is 4.79 Å². The van der Waals surface area contributed by atoms with Crippen molar-refractivity contribution in [3.8, 4) is 0 Å². The Kier molecular flexibility index (Phi) is 5.11. The van der Waals surface area contributed by atoms with Crippen LogP contribution in [0.1, 0.15) is 0 Å². The number of rotatable bonds is 4. The van der Waals surface area contributed by atoms with Gasteiger partial charge in [0.25, 0.3) is 0 Å². The molecule has 8 heteroatoms. The summed E-state index contributed by atoms with van der Waals surface area (Å²) in [5.41, 5.74) is 0. The van der Waals surface area contributed by atoms with Crippen LogP contribution in [0, 0.1) is 0 Å². The summed E-state index contributed by atoms with van der Waals surface area (Å²) in [4.78, 5) is 12.0. The quantitative estimate of drug-likeness (QED) is 0.523. The van der Waals surface area contributed by atoms with Crippen molar-refractivity contribution in [2.24, 2.45) is 5.14 Å². The topological polar surface area (TPSA) is 89.7 Å². The number of primary sulfonamides is 1.